The van der Waals surface area contributed by atoms with E-state index < -0.39 is 23.7 Å². The van der Waals surface area contributed by atoms with Crippen molar-refractivity contribution in [3.05, 3.63) is 126 Å². The minimum atomic E-state index is -1.33. The molecule has 0 aliphatic carbocycles. The number of nitrogens with one attached hydrogen (secondary N) is 1. The monoisotopic (exact) mass is 565 g/mol. The van der Waals surface area contributed by atoms with E-state index in [9.17, 15) is 4.21 Å². The van der Waals surface area contributed by atoms with Gasteiger partial charge in [-0.1, -0.05) is 103 Å². The summed E-state index contributed by atoms with van der Waals surface area (Å²) in [6.07, 6.45) is 0. The van der Waals surface area contributed by atoms with Crippen LogP contribution >= 0.6 is 7.92 Å². The summed E-state index contributed by atoms with van der Waals surface area (Å²) < 4.78 is 28.7. The molecule has 5 aromatic carbocycles. The molecular formula is C34H32NO3PS. The Labute approximate surface area is 239 Å². The molecule has 0 radical (unpaired) electrons. The first kappa shape index (κ1) is 26.7. The molecule has 1 aliphatic heterocycles. The standard InChI is InChI=1S/C34H32NO3PS/c1-34(2,3)40(36)35-33(28-20-12-14-24-13-10-11-19-27(24)28)29-21-30-31(38-23-37-30)22-32(29)39(25-15-6-4-7-16-25)26-17-8-5-9-18-26/h4-22,33,35H,23H2,1-3H3/t33-,40?/m0/s1. The number of rotatable bonds is 7. The van der Waals surface area contributed by atoms with Crippen LogP contribution in [0.15, 0.2) is 115 Å². The van der Waals surface area contributed by atoms with E-state index in [1.807, 2.05) is 20.8 Å². The predicted molar refractivity (Wildman–Crippen MR) is 168 cm³/mol. The highest BCUT2D eigenvalue weighted by Crippen LogP contribution is 2.43. The van der Waals surface area contributed by atoms with Gasteiger partial charge in [-0.25, -0.2) is 8.93 Å². The van der Waals surface area contributed by atoms with Crippen LogP contribution in [-0.2, 0) is 11.0 Å². The second kappa shape index (κ2) is 11.2. The number of hydrogen-bond acceptors (Lipinski definition) is 3. The van der Waals surface area contributed by atoms with Gasteiger partial charge in [0.25, 0.3) is 0 Å². The molecular weight excluding hydrogens is 533 g/mol. The van der Waals surface area contributed by atoms with Gasteiger partial charge in [-0.3, -0.25) is 0 Å². The zero-order valence-electron chi connectivity index (χ0n) is 22.8. The molecule has 6 rings (SSSR count). The highest BCUT2D eigenvalue weighted by molar-refractivity contribution is 7.84. The minimum absolute atomic E-state index is 0.188. The van der Waals surface area contributed by atoms with Crippen LogP contribution in [0, 0.1) is 0 Å². The molecule has 4 nitrogen and oxygen atoms in total. The van der Waals surface area contributed by atoms with Crippen molar-refractivity contribution in [1.29, 1.82) is 0 Å². The molecule has 0 amide bonds. The first-order valence-corrected chi connectivity index (χ1v) is 15.9. The van der Waals surface area contributed by atoms with Crippen molar-refractivity contribution in [2.75, 3.05) is 6.79 Å². The molecule has 1 unspecified atom stereocenters. The fraction of sp³-hybridized carbons (Fsp3) is 0.176. The molecule has 1 aliphatic rings. The van der Waals surface area contributed by atoms with E-state index in [1.165, 1.54) is 10.6 Å². The van der Waals surface area contributed by atoms with E-state index in [-0.39, 0.29) is 12.8 Å². The van der Waals surface area contributed by atoms with E-state index in [0.29, 0.717) is 5.75 Å². The van der Waals surface area contributed by atoms with Crippen LogP contribution in [0.1, 0.15) is 37.9 Å². The van der Waals surface area contributed by atoms with Gasteiger partial charge in [0.05, 0.1) is 21.8 Å². The van der Waals surface area contributed by atoms with Crippen LogP contribution in [-0.4, -0.2) is 15.7 Å². The highest BCUT2D eigenvalue weighted by Gasteiger charge is 2.32. The summed E-state index contributed by atoms with van der Waals surface area (Å²) in [5.74, 6) is 1.45. The zero-order valence-corrected chi connectivity index (χ0v) is 24.5. The number of ether oxygens (including phenoxy) is 2. The fourth-order valence-electron chi connectivity index (χ4n) is 5.03. The van der Waals surface area contributed by atoms with Gasteiger partial charge in [-0.2, -0.15) is 0 Å². The smallest absolute Gasteiger partial charge is 0.231 e. The lowest BCUT2D eigenvalue weighted by atomic mass is 9.94. The minimum Gasteiger partial charge on any atom is -0.454 e. The Morgan fingerprint density at radius 3 is 1.95 bits per heavy atom. The largest absolute Gasteiger partial charge is 0.454 e. The van der Waals surface area contributed by atoms with Crippen molar-refractivity contribution < 1.29 is 13.7 Å². The Hall–Kier alpha value is -3.50. The quantitative estimate of drug-likeness (QED) is 0.230. The molecule has 202 valence electrons. The number of hydrogen-bond donors (Lipinski definition) is 1. The van der Waals surface area contributed by atoms with Gasteiger partial charge < -0.3 is 9.47 Å². The van der Waals surface area contributed by atoms with Gasteiger partial charge in [-0.15, -0.1) is 0 Å². The maximum absolute atomic E-state index is 13.8. The van der Waals surface area contributed by atoms with Crippen molar-refractivity contribution in [1.82, 2.24) is 4.72 Å². The summed E-state index contributed by atoms with van der Waals surface area (Å²) in [5, 5.41) is 5.88. The van der Waals surface area contributed by atoms with Crippen molar-refractivity contribution in [3.63, 3.8) is 0 Å². The second-order valence-corrected chi connectivity index (χ2v) is 15.0. The van der Waals surface area contributed by atoms with E-state index in [1.54, 1.807) is 0 Å². The first-order valence-electron chi connectivity index (χ1n) is 13.4. The predicted octanol–water partition coefficient (Wildman–Crippen LogP) is 6.47. The lowest BCUT2D eigenvalue weighted by Gasteiger charge is -2.30. The van der Waals surface area contributed by atoms with Crippen LogP contribution in [0.2, 0.25) is 0 Å². The van der Waals surface area contributed by atoms with Gasteiger partial charge >= 0.3 is 0 Å². The summed E-state index contributed by atoms with van der Waals surface area (Å²) in [4.78, 5) is 0. The number of benzene rings is 5. The number of fused-ring (bicyclic) bond motifs is 2. The summed E-state index contributed by atoms with van der Waals surface area (Å²) in [6.45, 7) is 6.18. The Bertz CT molecular complexity index is 1620. The van der Waals surface area contributed by atoms with Crippen molar-refractivity contribution in [2.45, 2.75) is 31.6 Å². The highest BCUT2D eigenvalue weighted by atomic mass is 32.2. The molecule has 5 aromatic rings. The average molecular weight is 566 g/mol. The lowest BCUT2D eigenvalue weighted by molar-refractivity contribution is 0.174. The molecule has 0 saturated heterocycles. The summed E-state index contributed by atoms with van der Waals surface area (Å²) in [7, 11) is -2.30. The van der Waals surface area contributed by atoms with E-state index in [0.717, 1.165) is 33.0 Å². The molecule has 1 N–H and O–H groups in total. The van der Waals surface area contributed by atoms with Crippen LogP contribution in [0.3, 0.4) is 0 Å². The van der Waals surface area contributed by atoms with Crippen molar-refractivity contribution >= 4 is 45.6 Å². The van der Waals surface area contributed by atoms with E-state index in [4.69, 9.17) is 9.47 Å². The maximum atomic E-state index is 13.8. The van der Waals surface area contributed by atoms with Crippen molar-refractivity contribution in [3.8, 4) is 11.5 Å². The molecule has 0 bridgehead atoms. The maximum Gasteiger partial charge on any atom is 0.231 e. The molecule has 0 spiro atoms. The van der Waals surface area contributed by atoms with Crippen LogP contribution in [0.5, 0.6) is 11.5 Å². The third kappa shape index (κ3) is 5.30. The Morgan fingerprint density at radius 1 is 0.725 bits per heavy atom. The third-order valence-electron chi connectivity index (χ3n) is 7.02. The van der Waals surface area contributed by atoms with Crippen LogP contribution in [0.4, 0.5) is 0 Å². The van der Waals surface area contributed by atoms with E-state index >= 15 is 0 Å². The SMILES string of the molecule is CC(C)(C)S(=O)N[C@H](c1cc2c(cc1P(c1ccccc1)c1ccccc1)OCO2)c1cccc2ccccc12. The second-order valence-electron chi connectivity index (χ2n) is 10.8. The molecule has 2 atom stereocenters. The third-order valence-corrected chi connectivity index (χ3v) is 11.1. The topological polar surface area (TPSA) is 47.6 Å². The normalized spacial score (nSPS) is 14.4. The van der Waals surface area contributed by atoms with Gasteiger partial charge in [0.15, 0.2) is 11.5 Å². The first-order chi connectivity index (χ1) is 19.4. The lowest BCUT2D eigenvalue weighted by Crippen LogP contribution is -2.38. The van der Waals surface area contributed by atoms with Gasteiger partial charge in [-0.05, 0) is 78.6 Å². The van der Waals surface area contributed by atoms with Gasteiger partial charge in [0, 0.05) is 0 Å². The Balaban J connectivity index is 1.64. The average Bonchev–Trinajstić information content (AvgIpc) is 3.44. The molecule has 0 aromatic heterocycles. The van der Waals surface area contributed by atoms with Crippen molar-refractivity contribution in [2.24, 2.45) is 0 Å². The van der Waals surface area contributed by atoms with Gasteiger partial charge in [0.2, 0.25) is 6.79 Å². The Morgan fingerprint density at radius 2 is 1.30 bits per heavy atom. The molecule has 0 fully saturated rings. The molecule has 1 heterocycles. The van der Waals surface area contributed by atoms with Crippen LogP contribution < -0.4 is 30.1 Å². The Kier molecular flexibility index (Phi) is 7.46. The summed E-state index contributed by atoms with van der Waals surface area (Å²) in [5.41, 5.74) is 2.11. The summed E-state index contributed by atoms with van der Waals surface area (Å²) in [6, 6.07) is 39.9. The zero-order chi connectivity index (χ0) is 27.7. The van der Waals surface area contributed by atoms with E-state index in [2.05, 4.69) is 120 Å². The fourth-order valence-corrected chi connectivity index (χ4v) is 8.35. The van der Waals surface area contributed by atoms with Gasteiger partial charge in [0.1, 0.15) is 0 Å². The molecule has 0 saturated carbocycles. The molecule has 6 heteroatoms. The van der Waals surface area contributed by atoms with Crippen LogP contribution in [0.25, 0.3) is 10.8 Å². The summed E-state index contributed by atoms with van der Waals surface area (Å²) >= 11 is 0. The molecule has 40 heavy (non-hydrogen) atoms.